The van der Waals surface area contributed by atoms with Crippen LogP contribution in [0.3, 0.4) is 0 Å². The van der Waals surface area contributed by atoms with Gasteiger partial charge in [-0.05, 0) is 108 Å². The van der Waals surface area contributed by atoms with Crippen molar-refractivity contribution in [1.82, 2.24) is 9.13 Å². The molecule has 12 aromatic rings. The average Bonchev–Trinajstić information content (AvgIpc) is 3.89. The van der Waals surface area contributed by atoms with Gasteiger partial charge in [0.2, 0.25) is 0 Å². The summed E-state index contributed by atoms with van der Waals surface area (Å²) in [5, 5.41) is 4.87. The van der Waals surface area contributed by atoms with Crippen LogP contribution in [0.2, 0.25) is 0 Å². The summed E-state index contributed by atoms with van der Waals surface area (Å²) >= 11 is 0. The highest BCUT2D eigenvalue weighted by atomic mass is 15.2. The van der Waals surface area contributed by atoms with Crippen LogP contribution in [0, 0.1) is 0 Å². The molecule has 2 heterocycles. The molecule has 10 aromatic carbocycles. The molecule has 0 atom stereocenters. The van der Waals surface area contributed by atoms with Crippen molar-refractivity contribution in [3.63, 3.8) is 0 Å². The van der Waals surface area contributed by atoms with Gasteiger partial charge in [-0.2, -0.15) is 0 Å². The van der Waals surface area contributed by atoms with Crippen LogP contribution in [0.5, 0.6) is 0 Å². The number of fused-ring (bicyclic) bond motifs is 7. The van der Waals surface area contributed by atoms with E-state index < -0.39 is 0 Å². The standard InChI is InChI=1S/C60H42N4/c1-6-21-43(22-7-1)44-23-20-32-49(39-44)64-56-35-18-16-33-53(56)54-37-38-58-59(60(54)64)55-34-17-19-36-57(55)63(58)52-41-50(61(45-24-8-2-9-25-45)46-26-10-3-11-27-46)40-51(42-52)62(47-28-12-4-13-29-47)48-30-14-5-15-31-48/h1-42H. The second kappa shape index (κ2) is 15.7. The maximum atomic E-state index is 2.48. The zero-order chi connectivity index (χ0) is 42.4. The summed E-state index contributed by atoms with van der Waals surface area (Å²) in [7, 11) is 0. The average molecular weight is 819 g/mol. The number of rotatable bonds is 9. The molecule has 2 aromatic heterocycles. The van der Waals surface area contributed by atoms with E-state index in [0.29, 0.717) is 0 Å². The molecule has 4 nitrogen and oxygen atoms in total. The molecule has 4 heteroatoms. The van der Waals surface area contributed by atoms with Crippen LogP contribution >= 0.6 is 0 Å². The van der Waals surface area contributed by atoms with Crippen molar-refractivity contribution < 1.29 is 0 Å². The maximum absolute atomic E-state index is 2.48. The summed E-state index contributed by atoms with van der Waals surface area (Å²) in [5.74, 6) is 0. The van der Waals surface area contributed by atoms with Gasteiger partial charge < -0.3 is 18.9 Å². The molecular weight excluding hydrogens is 777 g/mol. The fourth-order valence-electron chi connectivity index (χ4n) is 9.68. The van der Waals surface area contributed by atoms with Gasteiger partial charge >= 0.3 is 0 Å². The zero-order valence-corrected chi connectivity index (χ0v) is 35.0. The molecule has 0 unspecified atom stereocenters. The Labute approximate surface area is 372 Å². The predicted molar refractivity (Wildman–Crippen MR) is 270 cm³/mol. The molecule has 0 N–H and O–H groups in total. The van der Waals surface area contributed by atoms with Crippen molar-refractivity contribution >= 4 is 77.7 Å². The van der Waals surface area contributed by atoms with E-state index in [1.807, 2.05) is 0 Å². The summed E-state index contributed by atoms with van der Waals surface area (Å²) in [6, 6.07) is 91.8. The predicted octanol–water partition coefficient (Wildman–Crippen LogP) is 16.5. The largest absolute Gasteiger partial charge is 0.310 e. The van der Waals surface area contributed by atoms with Crippen LogP contribution in [-0.2, 0) is 0 Å². The normalized spacial score (nSPS) is 11.4. The smallest absolute Gasteiger partial charge is 0.0641 e. The van der Waals surface area contributed by atoms with Crippen molar-refractivity contribution in [2.75, 3.05) is 9.80 Å². The third-order valence-electron chi connectivity index (χ3n) is 12.4. The highest BCUT2D eigenvalue weighted by molar-refractivity contribution is 6.26. The Balaban J connectivity index is 1.18. The molecule has 0 aliphatic rings. The SMILES string of the molecule is c1ccc(-c2cccc(-n3c4ccccc4c4ccc5c(c6ccccc6n5-c5cc(N(c6ccccc6)c6ccccc6)cc(N(c6ccccc6)c6ccccc6)c5)c43)c2)cc1. The number of nitrogens with zero attached hydrogens (tertiary/aromatic N) is 4. The molecular formula is C60H42N4. The van der Waals surface area contributed by atoms with Crippen molar-refractivity contribution in [1.29, 1.82) is 0 Å². The van der Waals surface area contributed by atoms with Gasteiger partial charge in [0.05, 0.1) is 39.1 Å². The Hall–Kier alpha value is -8.60. The van der Waals surface area contributed by atoms with Crippen molar-refractivity contribution in [2.24, 2.45) is 0 Å². The van der Waals surface area contributed by atoms with Gasteiger partial charge in [0.15, 0.2) is 0 Å². The van der Waals surface area contributed by atoms with Gasteiger partial charge in [0.1, 0.15) is 0 Å². The lowest BCUT2D eigenvalue weighted by atomic mass is 10.0. The number of hydrogen-bond acceptors (Lipinski definition) is 2. The van der Waals surface area contributed by atoms with Crippen LogP contribution < -0.4 is 9.80 Å². The van der Waals surface area contributed by atoms with Crippen LogP contribution in [-0.4, -0.2) is 9.13 Å². The van der Waals surface area contributed by atoms with Gasteiger partial charge in [-0.3, -0.25) is 0 Å². The van der Waals surface area contributed by atoms with Gasteiger partial charge in [-0.15, -0.1) is 0 Å². The number of aromatic nitrogens is 2. The highest BCUT2D eigenvalue weighted by Gasteiger charge is 2.24. The lowest BCUT2D eigenvalue weighted by molar-refractivity contribution is 1.16. The summed E-state index contributed by atoms with van der Waals surface area (Å²) < 4.78 is 4.96. The van der Waals surface area contributed by atoms with Crippen LogP contribution in [0.25, 0.3) is 66.1 Å². The van der Waals surface area contributed by atoms with E-state index >= 15 is 0 Å². The van der Waals surface area contributed by atoms with Gasteiger partial charge in [0, 0.05) is 50.0 Å². The van der Waals surface area contributed by atoms with Crippen LogP contribution in [0.4, 0.5) is 34.1 Å². The molecule has 0 aliphatic heterocycles. The quantitative estimate of drug-likeness (QED) is 0.144. The zero-order valence-electron chi connectivity index (χ0n) is 35.0. The summed E-state index contributed by atoms with van der Waals surface area (Å²) in [6.45, 7) is 0. The van der Waals surface area contributed by atoms with Crippen LogP contribution in [0.1, 0.15) is 0 Å². The minimum atomic E-state index is 1.04. The molecule has 64 heavy (non-hydrogen) atoms. The van der Waals surface area contributed by atoms with E-state index in [0.717, 1.165) is 56.5 Å². The Morgan fingerprint density at radius 3 is 1.25 bits per heavy atom. The Morgan fingerprint density at radius 1 is 0.250 bits per heavy atom. The molecule has 0 saturated heterocycles. The molecule has 12 rings (SSSR count). The van der Waals surface area contributed by atoms with E-state index in [-0.39, 0.29) is 0 Å². The number of anilines is 6. The van der Waals surface area contributed by atoms with Gasteiger partial charge in [-0.1, -0.05) is 158 Å². The molecule has 0 fully saturated rings. The third-order valence-corrected chi connectivity index (χ3v) is 12.4. The van der Waals surface area contributed by atoms with Crippen molar-refractivity contribution in [3.8, 4) is 22.5 Å². The van der Waals surface area contributed by atoms with E-state index in [2.05, 4.69) is 274 Å². The topological polar surface area (TPSA) is 16.3 Å². The molecule has 0 bridgehead atoms. The summed E-state index contributed by atoms with van der Waals surface area (Å²) in [6.07, 6.45) is 0. The van der Waals surface area contributed by atoms with Gasteiger partial charge in [-0.25, -0.2) is 0 Å². The Kier molecular flexibility index (Phi) is 9.12. The van der Waals surface area contributed by atoms with E-state index in [1.54, 1.807) is 0 Å². The van der Waals surface area contributed by atoms with E-state index in [9.17, 15) is 0 Å². The van der Waals surface area contributed by atoms with E-state index in [4.69, 9.17) is 0 Å². The second-order valence-corrected chi connectivity index (χ2v) is 16.2. The number of para-hydroxylation sites is 6. The third kappa shape index (κ3) is 6.31. The Bertz CT molecular complexity index is 3420. The first-order chi connectivity index (χ1) is 31.8. The minimum Gasteiger partial charge on any atom is -0.310 e. The van der Waals surface area contributed by atoms with Crippen molar-refractivity contribution in [3.05, 3.63) is 255 Å². The molecule has 0 amide bonds. The fourth-order valence-corrected chi connectivity index (χ4v) is 9.68. The molecule has 0 aliphatic carbocycles. The molecule has 302 valence electrons. The lowest BCUT2D eigenvalue weighted by Crippen LogP contribution is -2.14. The molecule has 0 saturated carbocycles. The van der Waals surface area contributed by atoms with Crippen molar-refractivity contribution in [2.45, 2.75) is 0 Å². The molecule has 0 spiro atoms. The maximum Gasteiger partial charge on any atom is 0.0641 e. The second-order valence-electron chi connectivity index (χ2n) is 16.2. The molecule has 0 radical (unpaired) electrons. The summed E-state index contributed by atoms with van der Waals surface area (Å²) in [5.41, 5.74) is 15.6. The Morgan fingerprint density at radius 2 is 0.703 bits per heavy atom. The summed E-state index contributed by atoms with van der Waals surface area (Å²) in [4.78, 5) is 4.73. The lowest BCUT2D eigenvalue weighted by Gasteiger charge is -2.30. The van der Waals surface area contributed by atoms with Gasteiger partial charge in [0.25, 0.3) is 0 Å². The van der Waals surface area contributed by atoms with E-state index in [1.165, 1.54) is 43.7 Å². The fraction of sp³-hybridized carbons (Fsp3) is 0. The highest BCUT2D eigenvalue weighted by Crippen LogP contribution is 2.46. The monoisotopic (exact) mass is 818 g/mol. The first kappa shape index (κ1) is 37.2. The minimum absolute atomic E-state index is 1.04. The first-order valence-corrected chi connectivity index (χ1v) is 21.9. The first-order valence-electron chi connectivity index (χ1n) is 21.9. The number of hydrogen-bond donors (Lipinski definition) is 0. The number of benzene rings is 10. The van der Waals surface area contributed by atoms with Crippen LogP contribution in [0.15, 0.2) is 255 Å².